The molecule has 0 bridgehead atoms. The Labute approximate surface area is 136 Å². The standard InChI is InChI=1S/C18H21ClN2O/c1-14(16-8-4-3-5-9-16)20-18(22)13-21(2)12-15-7-6-10-17(19)11-15/h3-11,14H,12-13H2,1-2H3,(H,20,22)/p+1/t14-/m0/s1. The van der Waals surface area contributed by atoms with Crippen LogP contribution >= 0.6 is 11.6 Å². The van der Waals surface area contributed by atoms with E-state index in [0.717, 1.165) is 27.6 Å². The van der Waals surface area contributed by atoms with Gasteiger partial charge in [-0.3, -0.25) is 4.79 Å². The molecular weight excluding hydrogens is 296 g/mol. The van der Waals surface area contributed by atoms with E-state index in [9.17, 15) is 4.79 Å². The average molecular weight is 318 g/mol. The van der Waals surface area contributed by atoms with Gasteiger partial charge in [0.05, 0.1) is 13.1 Å². The third-order valence-corrected chi connectivity index (χ3v) is 3.77. The molecule has 0 aliphatic heterocycles. The fourth-order valence-electron chi connectivity index (χ4n) is 2.45. The third kappa shape index (κ3) is 5.17. The lowest BCUT2D eigenvalue weighted by atomic mass is 10.1. The van der Waals surface area contributed by atoms with Crippen molar-refractivity contribution >= 4 is 17.5 Å². The minimum atomic E-state index is 0.0210. The first kappa shape index (κ1) is 16.5. The van der Waals surface area contributed by atoms with Crippen LogP contribution in [0.5, 0.6) is 0 Å². The van der Waals surface area contributed by atoms with E-state index in [1.54, 1.807) is 0 Å². The molecule has 0 fully saturated rings. The molecule has 2 atom stereocenters. The zero-order valence-electron chi connectivity index (χ0n) is 13.0. The molecule has 0 aliphatic rings. The van der Waals surface area contributed by atoms with E-state index in [-0.39, 0.29) is 11.9 Å². The summed E-state index contributed by atoms with van der Waals surface area (Å²) in [6.45, 7) is 3.21. The molecule has 116 valence electrons. The monoisotopic (exact) mass is 317 g/mol. The second-order valence-electron chi connectivity index (χ2n) is 5.64. The van der Waals surface area contributed by atoms with Crippen LogP contribution in [0, 0.1) is 0 Å². The van der Waals surface area contributed by atoms with Gasteiger partial charge in [0.25, 0.3) is 5.91 Å². The maximum atomic E-state index is 12.1. The van der Waals surface area contributed by atoms with Gasteiger partial charge in [0.2, 0.25) is 0 Å². The Balaban J connectivity index is 1.84. The molecule has 0 radical (unpaired) electrons. The maximum Gasteiger partial charge on any atom is 0.275 e. The first-order valence-corrected chi connectivity index (χ1v) is 7.82. The smallest absolute Gasteiger partial charge is 0.275 e. The lowest BCUT2D eigenvalue weighted by molar-refractivity contribution is -0.885. The number of quaternary nitrogens is 1. The van der Waals surface area contributed by atoms with Crippen molar-refractivity contribution in [3.63, 3.8) is 0 Å². The van der Waals surface area contributed by atoms with Crippen LogP contribution in [0.1, 0.15) is 24.1 Å². The molecule has 0 aromatic heterocycles. The molecule has 1 unspecified atom stereocenters. The number of carbonyl (C=O) groups is 1. The lowest BCUT2D eigenvalue weighted by Gasteiger charge is -2.17. The van der Waals surface area contributed by atoms with Crippen molar-refractivity contribution in [3.8, 4) is 0 Å². The molecule has 2 aromatic rings. The topological polar surface area (TPSA) is 33.5 Å². The summed E-state index contributed by atoms with van der Waals surface area (Å²) in [6.07, 6.45) is 0. The molecule has 3 nitrogen and oxygen atoms in total. The highest BCUT2D eigenvalue weighted by Crippen LogP contribution is 2.11. The van der Waals surface area contributed by atoms with Gasteiger partial charge in [0.1, 0.15) is 6.54 Å². The summed E-state index contributed by atoms with van der Waals surface area (Å²) in [6, 6.07) is 17.8. The van der Waals surface area contributed by atoms with Gasteiger partial charge >= 0.3 is 0 Å². The summed E-state index contributed by atoms with van der Waals surface area (Å²) in [5.74, 6) is 0.0517. The van der Waals surface area contributed by atoms with E-state index in [2.05, 4.69) is 5.32 Å². The van der Waals surface area contributed by atoms with Crippen molar-refractivity contribution in [2.45, 2.75) is 19.5 Å². The first-order valence-electron chi connectivity index (χ1n) is 7.44. The largest absolute Gasteiger partial charge is 0.345 e. The fourth-order valence-corrected chi connectivity index (χ4v) is 2.66. The van der Waals surface area contributed by atoms with Crippen LogP contribution in [-0.2, 0) is 11.3 Å². The Morgan fingerprint density at radius 2 is 1.91 bits per heavy atom. The highest BCUT2D eigenvalue weighted by atomic mass is 35.5. The molecule has 0 spiro atoms. The average Bonchev–Trinajstić information content (AvgIpc) is 2.47. The van der Waals surface area contributed by atoms with Crippen molar-refractivity contribution in [2.24, 2.45) is 0 Å². The molecule has 0 saturated carbocycles. The highest BCUT2D eigenvalue weighted by molar-refractivity contribution is 6.30. The van der Waals surface area contributed by atoms with E-state index in [1.807, 2.05) is 68.6 Å². The Bertz CT molecular complexity index is 615. The number of nitrogens with one attached hydrogen (secondary N) is 2. The predicted octanol–water partition coefficient (Wildman–Crippen LogP) is 2.23. The second-order valence-corrected chi connectivity index (χ2v) is 6.08. The van der Waals surface area contributed by atoms with E-state index < -0.39 is 0 Å². The van der Waals surface area contributed by atoms with Crippen molar-refractivity contribution in [1.82, 2.24) is 5.32 Å². The summed E-state index contributed by atoms with van der Waals surface area (Å²) >= 11 is 5.98. The fraction of sp³-hybridized carbons (Fsp3) is 0.278. The summed E-state index contributed by atoms with van der Waals surface area (Å²) in [5, 5.41) is 3.77. The van der Waals surface area contributed by atoms with Crippen LogP contribution in [0.4, 0.5) is 0 Å². The molecule has 2 N–H and O–H groups in total. The zero-order valence-corrected chi connectivity index (χ0v) is 13.7. The number of hydrogen-bond donors (Lipinski definition) is 2. The SMILES string of the molecule is C[C@H](NC(=O)C[NH+](C)Cc1cccc(Cl)c1)c1ccccc1. The Morgan fingerprint density at radius 1 is 1.18 bits per heavy atom. The molecule has 1 amide bonds. The minimum absolute atomic E-state index is 0.0210. The highest BCUT2D eigenvalue weighted by Gasteiger charge is 2.14. The van der Waals surface area contributed by atoms with Crippen molar-refractivity contribution in [1.29, 1.82) is 0 Å². The summed E-state index contributed by atoms with van der Waals surface area (Å²) in [5.41, 5.74) is 2.25. The van der Waals surface area contributed by atoms with Gasteiger partial charge < -0.3 is 10.2 Å². The summed E-state index contributed by atoms with van der Waals surface area (Å²) in [7, 11) is 2.01. The molecule has 0 saturated heterocycles. The number of rotatable bonds is 6. The van der Waals surface area contributed by atoms with Gasteiger partial charge in [-0.25, -0.2) is 0 Å². The Kier molecular flexibility index (Phi) is 5.99. The summed E-state index contributed by atoms with van der Waals surface area (Å²) < 4.78 is 0. The number of benzene rings is 2. The normalized spacial score (nSPS) is 13.4. The van der Waals surface area contributed by atoms with Crippen LogP contribution in [0.3, 0.4) is 0 Å². The van der Waals surface area contributed by atoms with E-state index >= 15 is 0 Å². The van der Waals surface area contributed by atoms with Crippen molar-refractivity contribution in [3.05, 3.63) is 70.7 Å². The van der Waals surface area contributed by atoms with Crippen molar-refractivity contribution in [2.75, 3.05) is 13.6 Å². The molecule has 2 rings (SSSR count). The molecule has 2 aromatic carbocycles. The Hall–Kier alpha value is -1.84. The maximum absolute atomic E-state index is 12.1. The molecule has 0 aliphatic carbocycles. The third-order valence-electron chi connectivity index (χ3n) is 3.53. The molecule has 0 heterocycles. The lowest BCUT2D eigenvalue weighted by Crippen LogP contribution is -3.08. The van der Waals surface area contributed by atoms with Crippen LogP contribution in [-0.4, -0.2) is 19.5 Å². The quantitative estimate of drug-likeness (QED) is 0.841. The van der Waals surface area contributed by atoms with Crippen LogP contribution < -0.4 is 10.2 Å². The first-order chi connectivity index (χ1) is 10.5. The second kappa shape index (κ2) is 7.97. The number of likely N-dealkylation sites (N-methyl/N-ethyl adjacent to an activating group) is 1. The van der Waals surface area contributed by atoms with Gasteiger partial charge in [-0.2, -0.15) is 0 Å². The summed E-state index contributed by atoms with van der Waals surface area (Å²) in [4.78, 5) is 13.3. The van der Waals surface area contributed by atoms with Crippen LogP contribution in [0.2, 0.25) is 5.02 Å². The zero-order chi connectivity index (χ0) is 15.9. The Morgan fingerprint density at radius 3 is 2.59 bits per heavy atom. The van der Waals surface area contributed by atoms with Gasteiger partial charge in [-0.1, -0.05) is 54.1 Å². The van der Waals surface area contributed by atoms with Gasteiger partial charge in [-0.15, -0.1) is 0 Å². The molecular formula is C18H22ClN2O+. The number of halogens is 1. The van der Waals surface area contributed by atoms with E-state index in [0.29, 0.717) is 6.54 Å². The van der Waals surface area contributed by atoms with E-state index in [1.165, 1.54) is 0 Å². The minimum Gasteiger partial charge on any atom is -0.345 e. The molecule has 22 heavy (non-hydrogen) atoms. The van der Waals surface area contributed by atoms with Gasteiger partial charge in [0, 0.05) is 10.6 Å². The van der Waals surface area contributed by atoms with Crippen LogP contribution in [0.15, 0.2) is 54.6 Å². The van der Waals surface area contributed by atoms with E-state index in [4.69, 9.17) is 11.6 Å². The van der Waals surface area contributed by atoms with Crippen LogP contribution in [0.25, 0.3) is 0 Å². The van der Waals surface area contributed by atoms with Crippen molar-refractivity contribution < 1.29 is 9.69 Å². The van der Waals surface area contributed by atoms with Gasteiger partial charge in [0.15, 0.2) is 6.54 Å². The number of hydrogen-bond acceptors (Lipinski definition) is 1. The van der Waals surface area contributed by atoms with Gasteiger partial charge in [-0.05, 0) is 24.6 Å². The number of amides is 1. The number of carbonyl (C=O) groups excluding carboxylic acids is 1. The predicted molar refractivity (Wildman–Crippen MR) is 89.9 cm³/mol. The molecule has 4 heteroatoms.